The molecule has 0 atom stereocenters. The van der Waals surface area contributed by atoms with Crippen LogP contribution in [-0.2, 0) is 11.3 Å². The topological polar surface area (TPSA) is 55.1 Å². The zero-order chi connectivity index (χ0) is 10.2. The zero-order valence-corrected chi connectivity index (χ0v) is 11.2. The molecule has 1 aromatic rings. The Labute approximate surface area is 107 Å². The van der Waals surface area contributed by atoms with Crippen LogP contribution in [0.4, 0.5) is 0 Å². The van der Waals surface area contributed by atoms with E-state index in [0.717, 1.165) is 22.2 Å². The first-order valence-corrected chi connectivity index (χ1v) is 6.07. The van der Waals surface area contributed by atoms with Crippen LogP contribution >= 0.6 is 39.7 Å². The fraction of sp³-hybridized carbons (Fsp3) is 0.444. The molecule has 2 rings (SSSR count). The fourth-order valence-electron chi connectivity index (χ4n) is 1.15. The second kappa shape index (κ2) is 4.82. The predicted molar refractivity (Wildman–Crippen MR) is 67.3 cm³/mol. The third-order valence-electron chi connectivity index (χ3n) is 2.29. The number of hydrogen-bond acceptors (Lipinski definition) is 3. The summed E-state index contributed by atoms with van der Waals surface area (Å²) in [6.45, 7) is 0.577. The molecule has 3 nitrogen and oxygen atoms in total. The fourth-order valence-corrected chi connectivity index (χ4v) is 2.54. The molecule has 0 spiro atoms. The summed E-state index contributed by atoms with van der Waals surface area (Å²) in [6, 6.07) is 2.00. The predicted octanol–water partition coefficient (Wildman–Crippen LogP) is 2.04. The molecule has 1 aromatic heterocycles. The quantitative estimate of drug-likeness (QED) is 0.897. The van der Waals surface area contributed by atoms with Gasteiger partial charge >= 0.3 is 0 Å². The number of thiophene rings is 1. The van der Waals surface area contributed by atoms with Crippen molar-refractivity contribution in [3.8, 4) is 0 Å². The molecule has 3 N–H and O–H groups in total. The third-order valence-corrected chi connectivity index (χ3v) is 3.98. The van der Waals surface area contributed by atoms with E-state index in [2.05, 4.69) is 21.2 Å². The summed E-state index contributed by atoms with van der Waals surface area (Å²) in [4.78, 5) is 12.6. The Balaban J connectivity index is 0.00000112. The van der Waals surface area contributed by atoms with E-state index in [1.54, 1.807) is 11.3 Å². The number of carbonyl (C=O) groups is 1. The molecule has 6 heteroatoms. The van der Waals surface area contributed by atoms with Gasteiger partial charge in [-0.05, 0) is 34.8 Å². The molecule has 1 aliphatic carbocycles. The SMILES string of the molecule is Cl.NC1(C(=O)NCc2cc(Br)cs2)CC1. The van der Waals surface area contributed by atoms with Crippen molar-refractivity contribution in [1.82, 2.24) is 5.32 Å². The average molecular weight is 312 g/mol. The molecule has 1 saturated carbocycles. The van der Waals surface area contributed by atoms with Gasteiger partial charge in [0.1, 0.15) is 0 Å². The summed E-state index contributed by atoms with van der Waals surface area (Å²) in [5.41, 5.74) is 5.18. The number of nitrogens with two attached hydrogens (primary N) is 1. The lowest BCUT2D eigenvalue weighted by molar-refractivity contribution is -0.123. The van der Waals surface area contributed by atoms with Crippen molar-refractivity contribution in [3.05, 3.63) is 20.8 Å². The van der Waals surface area contributed by atoms with Crippen molar-refractivity contribution in [3.63, 3.8) is 0 Å². The van der Waals surface area contributed by atoms with Gasteiger partial charge < -0.3 is 11.1 Å². The van der Waals surface area contributed by atoms with Crippen molar-refractivity contribution in [1.29, 1.82) is 0 Å². The van der Waals surface area contributed by atoms with Crippen molar-refractivity contribution in [2.75, 3.05) is 0 Å². The van der Waals surface area contributed by atoms with Gasteiger partial charge in [0, 0.05) is 14.7 Å². The number of carbonyl (C=O) groups excluding carboxylic acids is 1. The summed E-state index contributed by atoms with van der Waals surface area (Å²) < 4.78 is 1.06. The first-order valence-electron chi connectivity index (χ1n) is 4.40. The highest BCUT2D eigenvalue weighted by Crippen LogP contribution is 2.32. The highest BCUT2D eigenvalue weighted by atomic mass is 79.9. The van der Waals surface area contributed by atoms with Gasteiger partial charge in [-0.3, -0.25) is 4.79 Å². The largest absolute Gasteiger partial charge is 0.350 e. The van der Waals surface area contributed by atoms with Gasteiger partial charge in [0.2, 0.25) is 5.91 Å². The molecular formula is C9H12BrClN2OS. The van der Waals surface area contributed by atoms with Gasteiger partial charge in [-0.1, -0.05) is 0 Å². The lowest BCUT2D eigenvalue weighted by atomic mass is 10.3. The second-order valence-electron chi connectivity index (χ2n) is 3.57. The van der Waals surface area contributed by atoms with Crippen LogP contribution in [0.1, 0.15) is 17.7 Å². The van der Waals surface area contributed by atoms with Crippen LogP contribution in [0, 0.1) is 0 Å². The van der Waals surface area contributed by atoms with Gasteiger partial charge in [-0.2, -0.15) is 0 Å². The minimum Gasteiger partial charge on any atom is -0.350 e. The van der Waals surface area contributed by atoms with Crippen LogP contribution in [0.2, 0.25) is 0 Å². The Kier molecular flexibility index (Phi) is 4.17. The van der Waals surface area contributed by atoms with Crippen molar-refractivity contribution in [2.24, 2.45) is 5.73 Å². The summed E-state index contributed by atoms with van der Waals surface area (Å²) in [6.07, 6.45) is 1.62. The summed E-state index contributed by atoms with van der Waals surface area (Å²) in [7, 11) is 0. The smallest absolute Gasteiger partial charge is 0.240 e. The monoisotopic (exact) mass is 310 g/mol. The van der Waals surface area contributed by atoms with Crippen LogP contribution in [0.5, 0.6) is 0 Å². The molecule has 0 unspecified atom stereocenters. The van der Waals surface area contributed by atoms with Crippen LogP contribution in [0.15, 0.2) is 15.9 Å². The van der Waals surface area contributed by atoms with Gasteiger partial charge in [0.05, 0.1) is 12.1 Å². The van der Waals surface area contributed by atoms with Crippen molar-refractivity contribution < 1.29 is 4.79 Å². The molecule has 1 fully saturated rings. The molecule has 0 bridgehead atoms. The highest BCUT2D eigenvalue weighted by Gasteiger charge is 2.45. The first kappa shape index (κ1) is 13.0. The Hall–Kier alpha value is -0.100. The lowest BCUT2D eigenvalue weighted by Crippen LogP contribution is -2.42. The van der Waals surface area contributed by atoms with E-state index in [-0.39, 0.29) is 18.3 Å². The molecule has 0 radical (unpaired) electrons. The Morgan fingerprint density at radius 1 is 1.67 bits per heavy atom. The Morgan fingerprint density at radius 3 is 2.80 bits per heavy atom. The summed E-state index contributed by atoms with van der Waals surface area (Å²) in [5, 5.41) is 4.84. The molecule has 1 amide bonds. The highest BCUT2D eigenvalue weighted by molar-refractivity contribution is 9.10. The normalized spacial score (nSPS) is 16.7. The number of rotatable bonds is 3. The van der Waals surface area contributed by atoms with E-state index < -0.39 is 5.54 Å². The zero-order valence-electron chi connectivity index (χ0n) is 7.96. The van der Waals surface area contributed by atoms with E-state index in [1.165, 1.54) is 0 Å². The standard InChI is InChI=1S/C9H11BrN2OS.ClH/c10-6-3-7(14-5-6)4-12-8(13)9(11)1-2-9;/h3,5H,1-2,4,11H2,(H,12,13);1H. The number of halogens is 2. The first-order chi connectivity index (χ1) is 6.60. The van der Waals surface area contributed by atoms with E-state index >= 15 is 0 Å². The molecule has 0 aliphatic heterocycles. The molecule has 0 saturated heterocycles. The lowest BCUT2D eigenvalue weighted by Gasteiger charge is -2.08. The third kappa shape index (κ3) is 3.17. The maximum Gasteiger partial charge on any atom is 0.240 e. The van der Waals surface area contributed by atoms with Gasteiger partial charge in [-0.25, -0.2) is 0 Å². The van der Waals surface area contributed by atoms with E-state index in [0.29, 0.717) is 6.54 Å². The molecular weight excluding hydrogens is 300 g/mol. The summed E-state index contributed by atoms with van der Waals surface area (Å²) in [5.74, 6) is -0.0259. The van der Waals surface area contributed by atoms with Gasteiger partial charge in [-0.15, -0.1) is 23.7 Å². The minimum atomic E-state index is -0.561. The van der Waals surface area contributed by atoms with Crippen LogP contribution in [0.3, 0.4) is 0 Å². The maximum absolute atomic E-state index is 11.5. The van der Waals surface area contributed by atoms with E-state index in [9.17, 15) is 4.79 Å². The van der Waals surface area contributed by atoms with Gasteiger partial charge in [0.25, 0.3) is 0 Å². The van der Waals surface area contributed by atoms with E-state index in [1.807, 2.05) is 11.4 Å². The number of amides is 1. The Bertz CT molecular complexity index is 365. The van der Waals surface area contributed by atoms with Crippen molar-refractivity contribution >= 4 is 45.6 Å². The maximum atomic E-state index is 11.5. The van der Waals surface area contributed by atoms with Crippen LogP contribution in [-0.4, -0.2) is 11.4 Å². The van der Waals surface area contributed by atoms with Crippen molar-refractivity contribution in [2.45, 2.75) is 24.9 Å². The van der Waals surface area contributed by atoms with E-state index in [4.69, 9.17) is 5.73 Å². The summed E-state index contributed by atoms with van der Waals surface area (Å²) >= 11 is 4.98. The Morgan fingerprint density at radius 2 is 2.33 bits per heavy atom. The number of nitrogens with one attached hydrogen (secondary N) is 1. The average Bonchev–Trinajstić information content (AvgIpc) is 2.76. The molecule has 1 heterocycles. The van der Waals surface area contributed by atoms with Crippen LogP contribution < -0.4 is 11.1 Å². The molecule has 0 aromatic carbocycles. The molecule has 1 aliphatic rings. The van der Waals surface area contributed by atoms with Crippen LogP contribution in [0.25, 0.3) is 0 Å². The second-order valence-corrected chi connectivity index (χ2v) is 5.48. The molecule has 15 heavy (non-hydrogen) atoms. The number of hydrogen-bond donors (Lipinski definition) is 2. The minimum absolute atomic E-state index is 0. The van der Waals surface area contributed by atoms with Gasteiger partial charge in [0.15, 0.2) is 0 Å². The molecule has 84 valence electrons.